The summed E-state index contributed by atoms with van der Waals surface area (Å²) in [5.41, 5.74) is 5.47. The zero-order valence-corrected chi connectivity index (χ0v) is 14.6. The molecule has 0 unspecified atom stereocenters. The van der Waals surface area contributed by atoms with Crippen molar-refractivity contribution in [1.29, 1.82) is 0 Å². The number of aliphatic hydroxyl groups excluding tert-OH is 1. The fourth-order valence-corrected chi connectivity index (χ4v) is 4.21. The van der Waals surface area contributed by atoms with Crippen molar-refractivity contribution in [1.82, 2.24) is 4.31 Å². The van der Waals surface area contributed by atoms with E-state index >= 15 is 0 Å². The van der Waals surface area contributed by atoms with E-state index in [4.69, 9.17) is 5.73 Å². The van der Waals surface area contributed by atoms with Crippen LogP contribution in [0.15, 0.2) is 29.2 Å². The highest BCUT2D eigenvalue weighted by Gasteiger charge is 2.31. The van der Waals surface area contributed by atoms with Crippen molar-refractivity contribution >= 4 is 10.0 Å². The number of sulfonamides is 1. The summed E-state index contributed by atoms with van der Waals surface area (Å²) in [4.78, 5) is 0.0387. The Morgan fingerprint density at radius 2 is 1.83 bits per heavy atom. The Morgan fingerprint density at radius 3 is 2.30 bits per heavy atom. The molecular weight excluding hydrogens is 319 g/mol. The smallest absolute Gasteiger partial charge is 0.243 e. The molecule has 0 aliphatic rings. The predicted molar refractivity (Wildman–Crippen MR) is 88.9 cm³/mol. The Bertz CT molecular complexity index is 561. The standard InChI is InChI=1S/C16H27FN2O3S/c1-13(2)11-19(15(12-20)5-3-4-10-18)23(21,22)16-8-6-14(17)7-9-16/h6-9,13,15,20H,3-5,10-12,18H2,1-2H3/t15-/m0/s1. The van der Waals surface area contributed by atoms with Gasteiger partial charge in [-0.1, -0.05) is 20.3 Å². The van der Waals surface area contributed by atoms with Crippen LogP contribution < -0.4 is 5.73 Å². The molecule has 0 saturated heterocycles. The van der Waals surface area contributed by atoms with Crippen LogP contribution in [0.5, 0.6) is 0 Å². The fourth-order valence-electron chi connectivity index (χ4n) is 2.40. The van der Waals surface area contributed by atoms with Gasteiger partial charge >= 0.3 is 0 Å². The molecule has 23 heavy (non-hydrogen) atoms. The molecule has 5 nitrogen and oxygen atoms in total. The number of halogens is 1. The minimum Gasteiger partial charge on any atom is -0.395 e. The highest BCUT2D eigenvalue weighted by molar-refractivity contribution is 7.89. The maximum Gasteiger partial charge on any atom is 0.243 e. The molecule has 0 saturated carbocycles. The first-order valence-corrected chi connectivity index (χ1v) is 9.35. The van der Waals surface area contributed by atoms with Crippen LogP contribution in [0.1, 0.15) is 33.1 Å². The van der Waals surface area contributed by atoms with Gasteiger partial charge in [0.25, 0.3) is 0 Å². The molecule has 0 bridgehead atoms. The van der Waals surface area contributed by atoms with E-state index in [9.17, 15) is 17.9 Å². The van der Waals surface area contributed by atoms with Crippen molar-refractivity contribution in [2.24, 2.45) is 11.7 Å². The first-order chi connectivity index (χ1) is 10.8. The minimum atomic E-state index is -3.79. The van der Waals surface area contributed by atoms with Gasteiger partial charge in [0.15, 0.2) is 0 Å². The highest BCUT2D eigenvalue weighted by Crippen LogP contribution is 2.22. The summed E-state index contributed by atoms with van der Waals surface area (Å²) >= 11 is 0. The summed E-state index contributed by atoms with van der Waals surface area (Å²) in [6, 6.07) is 4.27. The van der Waals surface area contributed by atoms with Gasteiger partial charge in [0.05, 0.1) is 11.5 Å². The quantitative estimate of drug-likeness (QED) is 0.634. The second kappa shape index (κ2) is 9.32. The topological polar surface area (TPSA) is 83.6 Å². The van der Waals surface area contributed by atoms with Crippen LogP contribution in [0.2, 0.25) is 0 Å². The molecule has 7 heteroatoms. The molecule has 0 aromatic heterocycles. The van der Waals surface area contributed by atoms with Crippen LogP contribution in [0, 0.1) is 11.7 Å². The van der Waals surface area contributed by atoms with E-state index in [0.29, 0.717) is 19.5 Å². The lowest BCUT2D eigenvalue weighted by molar-refractivity contribution is 0.168. The number of hydrogen-bond acceptors (Lipinski definition) is 4. The number of nitrogens with zero attached hydrogens (tertiary/aromatic N) is 1. The molecule has 0 spiro atoms. The Kier molecular flexibility index (Phi) is 8.11. The normalized spacial score (nSPS) is 13.7. The average Bonchev–Trinajstić information content (AvgIpc) is 2.50. The molecule has 0 aliphatic heterocycles. The van der Waals surface area contributed by atoms with Crippen molar-refractivity contribution in [2.45, 2.75) is 44.0 Å². The summed E-state index contributed by atoms with van der Waals surface area (Å²) in [5.74, 6) is -0.380. The molecule has 0 aliphatic carbocycles. The van der Waals surface area contributed by atoms with E-state index in [0.717, 1.165) is 25.0 Å². The van der Waals surface area contributed by atoms with Crippen molar-refractivity contribution in [2.75, 3.05) is 19.7 Å². The minimum absolute atomic E-state index is 0.0387. The molecule has 3 N–H and O–H groups in total. The van der Waals surface area contributed by atoms with Gasteiger partial charge in [-0.25, -0.2) is 12.8 Å². The van der Waals surface area contributed by atoms with E-state index < -0.39 is 21.9 Å². The lowest BCUT2D eigenvalue weighted by Gasteiger charge is -2.31. The van der Waals surface area contributed by atoms with Crippen molar-refractivity contribution < 1.29 is 17.9 Å². The second-order valence-corrected chi connectivity index (χ2v) is 7.93. The van der Waals surface area contributed by atoms with Gasteiger partial charge in [-0.15, -0.1) is 0 Å². The zero-order chi connectivity index (χ0) is 17.5. The predicted octanol–water partition coefficient (Wildman–Crippen LogP) is 1.96. The first-order valence-electron chi connectivity index (χ1n) is 7.91. The maximum absolute atomic E-state index is 13.1. The summed E-state index contributed by atoms with van der Waals surface area (Å²) < 4.78 is 40.2. The molecule has 1 rings (SSSR count). The fraction of sp³-hybridized carbons (Fsp3) is 0.625. The molecule has 0 fully saturated rings. The molecule has 1 atom stereocenters. The summed E-state index contributed by atoms with van der Waals surface area (Å²) in [7, 11) is -3.79. The van der Waals surface area contributed by atoms with E-state index in [-0.39, 0.29) is 17.4 Å². The monoisotopic (exact) mass is 346 g/mol. The summed E-state index contributed by atoms with van der Waals surface area (Å²) in [6.45, 7) is 4.42. The Labute approximate surface area is 138 Å². The molecule has 0 radical (unpaired) electrons. The number of nitrogens with two attached hydrogens (primary N) is 1. The lowest BCUT2D eigenvalue weighted by Crippen LogP contribution is -2.44. The third kappa shape index (κ3) is 5.84. The molecule has 0 heterocycles. The Balaban J connectivity index is 3.09. The summed E-state index contributed by atoms with van der Waals surface area (Å²) in [6.07, 6.45) is 2.07. The van der Waals surface area contributed by atoms with Crippen LogP contribution >= 0.6 is 0 Å². The van der Waals surface area contributed by atoms with Gasteiger partial charge < -0.3 is 10.8 Å². The van der Waals surface area contributed by atoms with Crippen LogP contribution in [-0.4, -0.2) is 43.6 Å². The Hall–Kier alpha value is -1.02. The first kappa shape index (κ1) is 20.0. The Morgan fingerprint density at radius 1 is 1.22 bits per heavy atom. The van der Waals surface area contributed by atoms with E-state index in [1.165, 1.54) is 16.4 Å². The van der Waals surface area contributed by atoms with Gasteiger partial charge in [0.1, 0.15) is 5.82 Å². The van der Waals surface area contributed by atoms with Gasteiger partial charge in [0.2, 0.25) is 10.0 Å². The maximum atomic E-state index is 13.1. The van der Waals surface area contributed by atoms with Gasteiger partial charge in [-0.2, -0.15) is 4.31 Å². The second-order valence-electron chi connectivity index (χ2n) is 6.04. The lowest BCUT2D eigenvalue weighted by atomic mass is 10.1. The van der Waals surface area contributed by atoms with E-state index in [1.807, 2.05) is 13.8 Å². The third-order valence-electron chi connectivity index (χ3n) is 3.57. The van der Waals surface area contributed by atoms with Crippen molar-refractivity contribution in [3.8, 4) is 0 Å². The van der Waals surface area contributed by atoms with Crippen molar-refractivity contribution in [3.63, 3.8) is 0 Å². The van der Waals surface area contributed by atoms with E-state index in [2.05, 4.69) is 0 Å². The molecule has 132 valence electrons. The largest absolute Gasteiger partial charge is 0.395 e. The van der Waals surface area contributed by atoms with Crippen LogP contribution in [0.25, 0.3) is 0 Å². The molecule has 1 aromatic rings. The molecular formula is C16H27FN2O3S. The van der Waals surface area contributed by atoms with E-state index in [1.54, 1.807) is 0 Å². The SMILES string of the molecule is CC(C)CN([C@H](CO)CCCCN)S(=O)(=O)c1ccc(F)cc1. The average molecular weight is 346 g/mol. The number of benzene rings is 1. The highest BCUT2D eigenvalue weighted by atomic mass is 32.2. The van der Waals surface area contributed by atoms with Crippen LogP contribution in [0.4, 0.5) is 4.39 Å². The van der Waals surface area contributed by atoms with Crippen LogP contribution in [0.3, 0.4) is 0 Å². The number of unbranched alkanes of at least 4 members (excludes halogenated alkanes) is 1. The van der Waals surface area contributed by atoms with Gasteiger partial charge in [0, 0.05) is 12.6 Å². The van der Waals surface area contributed by atoms with Gasteiger partial charge in [-0.05, 0) is 49.6 Å². The van der Waals surface area contributed by atoms with Crippen LogP contribution in [-0.2, 0) is 10.0 Å². The molecule has 1 aromatic carbocycles. The zero-order valence-electron chi connectivity index (χ0n) is 13.8. The number of aliphatic hydroxyl groups is 1. The molecule has 0 amide bonds. The van der Waals surface area contributed by atoms with Gasteiger partial charge in [-0.3, -0.25) is 0 Å². The third-order valence-corrected chi connectivity index (χ3v) is 5.51. The number of hydrogen-bond donors (Lipinski definition) is 2. The van der Waals surface area contributed by atoms with Crippen molar-refractivity contribution in [3.05, 3.63) is 30.1 Å². The number of rotatable bonds is 10. The summed E-state index contributed by atoms with van der Waals surface area (Å²) in [5, 5.41) is 9.67.